The van der Waals surface area contributed by atoms with Gasteiger partial charge in [0.15, 0.2) is 5.82 Å². The molecule has 4 aromatic rings. The second-order valence-corrected chi connectivity index (χ2v) is 10.5. The van der Waals surface area contributed by atoms with Crippen molar-refractivity contribution in [2.75, 3.05) is 33.4 Å². The molecule has 9 heteroatoms. The molecule has 1 amide bonds. The lowest BCUT2D eigenvalue weighted by Crippen LogP contribution is -2.60. The monoisotopic (exact) mass is 500 g/mol. The summed E-state index contributed by atoms with van der Waals surface area (Å²) in [5.41, 5.74) is 4.26. The Morgan fingerprint density at radius 2 is 2.14 bits per heavy atom. The third kappa shape index (κ3) is 3.79. The van der Waals surface area contributed by atoms with E-state index in [1.165, 1.54) is 12.8 Å². The molecule has 192 valence electrons. The van der Waals surface area contributed by atoms with Crippen LogP contribution in [0.4, 0.5) is 0 Å². The van der Waals surface area contributed by atoms with Crippen LogP contribution in [0.3, 0.4) is 0 Å². The van der Waals surface area contributed by atoms with E-state index in [2.05, 4.69) is 31.6 Å². The molecule has 3 aliphatic rings. The van der Waals surface area contributed by atoms with E-state index in [0.717, 1.165) is 59.6 Å². The van der Waals surface area contributed by atoms with Crippen LogP contribution in [-0.4, -0.2) is 75.4 Å². The number of morpholine rings is 1. The van der Waals surface area contributed by atoms with E-state index in [9.17, 15) is 4.79 Å². The fourth-order valence-corrected chi connectivity index (χ4v) is 6.04. The van der Waals surface area contributed by atoms with Gasteiger partial charge in [0.2, 0.25) is 0 Å². The Kier molecular flexibility index (Phi) is 5.44. The van der Waals surface area contributed by atoms with Crippen molar-refractivity contribution in [1.82, 2.24) is 29.3 Å². The van der Waals surface area contributed by atoms with Crippen molar-refractivity contribution in [2.45, 2.75) is 38.0 Å². The number of hydrogen-bond donors (Lipinski definition) is 1. The summed E-state index contributed by atoms with van der Waals surface area (Å²) in [6.45, 7) is 3.77. The number of rotatable bonds is 5. The number of nitrogens with zero attached hydrogens (tertiary/aromatic N) is 5. The first-order chi connectivity index (χ1) is 18.1. The molecule has 2 atom stereocenters. The van der Waals surface area contributed by atoms with Crippen LogP contribution in [0.5, 0.6) is 5.75 Å². The minimum absolute atomic E-state index is 0.00134. The molecule has 1 N–H and O–H groups in total. The standard InChI is InChI=1S/C28H32N6O3/c1-32-25-20(31-27(32)21-13-18-4-3-8-30-26(18)34(21)16-17-5-6-17)12-19(14-24(25)36-2)28(35)33-10-11-37-23-7-9-29-15-22(23)33/h3-4,8,12-14,17,22-23,29H,5-7,9-11,15-16H2,1-2H3/t22-,23+/m0/s1. The molecule has 3 fully saturated rings. The fourth-order valence-electron chi connectivity index (χ4n) is 6.04. The summed E-state index contributed by atoms with van der Waals surface area (Å²) in [7, 11) is 3.67. The Morgan fingerprint density at radius 3 is 2.97 bits per heavy atom. The topological polar surface area (TPSA) is 86.4 Å². The number of hydrogen-bond acceptors (Lipinski definition) is 6. The summed E-state index contributed by atoms with van der Waals surface area (Å²) >= 11 is 0. The van der Waals surface area contributed by atoms with Gasteiger partial charge in [-0.25, -0.2) is 9.97 Å². The summed E-state index contributed by atoms with van der Waals surface area (Å²) in [5, 5.41) is 4.52. The third-order valence-electron chi connectivity index (χ3n) is 8.14. The maximum atomic E-state index is 13.8. The zero-order valence-corrected chi connectivity index (χ0v) is 21.3. The lowest BCUT2D eigenvalue weighted by Gasteiger charge is -2.44. The molecule has 2 saturated heterocycles. The van der Waals surface area contributed by atoms with Gasteiger partial charge in [-0.05, 0) is 62.1 Å². The van der Waals surface area contributed by atoms with Gasteiger partial charge in [0.1, 0.15) is 16.9 Å². The van der Waals surface area contributed by atoms with Crippen LogP contribution >= 0.6 is 0 Å². The normalized spacial score (nSPS) is 21.9. The molecule has 1 saturated carbocycles. The average Bonchev–Trinajstić information content (AvgIpc) is 3.60. The van der Waals surface area contributed by atoms with E-state index in [0.29, 0.717) is 30.4 Å². The molecule has 0 unspecified atom stereocenters. The van der Waals surface area contributed by atoms with Crippen LogP contribution in [0, 0.1) is 5.92 Å². The number of carbonyl (C=O) groups is 1. The second kappa shape index (κ2) is 8.85. The van der Waals surface area contributed by atoms with Gasteiger partial charge in [0, 0.05) is 43.8 Å². The number of carbonyl (C=O) groups excluding carboxylic acids is 1. The molecule has 1 aliphatic carbocycles. The fraction of sp³-hybridized carbons (Fsp3) is 0.464. The summed E-state index contributed by atoms with van der Waals surface area (Å²) in [5.74, 6) is 2.19. The molecule has 2 aliphatic heterocycles. The zero-order valence-electron chi connectivity index (χ0n) is 21.3. The molecule has 0 radical (unpaired) electrons. The molecule has 3 aromatic heterocycles. The molecule has 9 nitrogen and oxygen atoms in total. The predicted octanol–water partition coefficient (Wildman–Crippen LogP) is 3.21. The number of aryl methyl sites for hydroxylation is 1. The number of imidazole rings is 1. The van der Waals surface area contributed by atoms with Gasteiger partial charge in [-0.3, -0.25) is 4.79 Å². The number of methoxy groups -OCH3 is 1. The molecule has 1 aromatic carbocycles. The van der Waals surface area contributed by atoms with Crippen LogP contribution in [0.1, 0.15) is 29.6 Å². The molecule has 5 heterocycles. The summed E-state index contributed by atoms with van der Waals surface area (Å²) in [6, 6.07) is 10.1. The Morgan fingerprint density at radius 1 is 1.24 bits per heavy atom. The molecule has 0 spiro atoms. The van der Waals surface area contributed by atoms with Gasteiger partial charge in [0.25, 0.3) is 5.91 Å². The van der Waals surface area contributed by atoms with E-state index >= 15 is 0 Å². The summed E-state index contributed by atoms with van der Waals surface area (Å²) in [4.78, 5) is 25.5. The Hall–Kier alpha value is -3.43. The molecule has 37 heavy (non-hydrogen) atoms. The third-order valence-corrected chi connectivity index (χ3v) is 8.14. The van der Waals surface area contributed by atoms with Crippen LogP contribution in [0.25, 0.3) is 33.6 Å². The second-order valence-electron chi connectivity index (χ2n) is 10.5. The molecular formula is C28H32N6O3. The van der Waals surface area contributed by atoms with Gasteiger partial charge in [0.05, 0.1) is 37.1 Å². The minimum atomic E-state index is 0.00134. The lowest BCUT2D eigenvalue weighted by atomic mass is 9.99. The highest BCUT2D eigenvalue weighted by Gasteiger charge is 2.37. The maximum Gasteiger partial charge on any atom is 0.254 e. The van der Waals surface area contributed by atoms with E-state index < -0.39 is 0 Å². The van der Waals surface area contributed by atoms with Crippen molar-refractivity contribution in [3.05, 3.63) is 42.1 Å². The van der Waals surface area contributed by atoms with Gasteiger partial charge < -0.3 is 28.8 Å². The van der Waals surface area contributed by atoms with Gasteiger partial charge in [-0.2, -0.15) is 0 Å². The number of piperidine rings is 1. The largest absolute Gasteiger partial charge is 0.494 e. The maximum absolute atomic E-state index is 13.8. The van der Waals surface area contributed by atoms with Crippen molar-refractivity contribution in [1.29, 1.82) is 0 Å². The van der Waals surface area contributed by atoms with Crippen LogP contribution < -0.4 is 10.1 Å². The van der Waals surface area contributed by atoms with Crippen molar-refractivity contribution < 1.29 is 14.3 Å². The quantitative estimate of drug-likeness (QED) is 0.453. The van der Waals surface area contributed by atoms with Crippen molar-refractivity contribution in [3.63, 3.8) is 0 Å². The van der Waals surface area contributed by atoms with E-state index in [1.807, 2.05) is 36.3 Å². The SMILES string of the molecule is COc1cc(C(=O)N2CCO[C@@H]3CCNC[C@@H]32)cc2nc(-c3cc4cccnc4n3CC3CC3)n(C)c12. The number of benzene rings is 1. The number of pyridine rings is 1. The minimum Gasteiger partial charge on any atom is -0.494 e. The van der Waals surface area contributed by atoms with Crippen LogP contribution in [0.2, 0.25) is 0 Å². The van der Waals surface area contributed by atoms with Crippen LogP contribution in [-0.2, 0) is 18.3 Å². The Balaban J connectivity index is 1.32. The summed E-state index contributed by atoms with van der Waals surface area (Å²) < 4.78 is 16.2. The van der Waals surface area contributed by atoms with Gasteiger partial charge >= 0.3 is 0 Å². The van der Waals surface area contributed by atoms with Crippen molar-refractivity contribution in [2.24, 2.45) is 13.0 Å². The number of ether oxygens (including phenoxy) is 2. The first kappa shape index (κ1) is 22.7. The smallest absolute Gasteiger partial charge is 0.254 e. The van der Waals surface area contributed by atoms with E-state index in [4.69, 9.17) is 14.5 Å². The zero-order chi connectivity index (χ0) is 25.1. The Bertz CT molecular complexity index is 1500. The number of amides is 1. The van der Waals surface area contributed by atoms with Crippen LogP contribution in [0.15, 0.2) is 36.5 Å². The molecular weight excluding hydrogens is 468 g/mol. The first-order valence-electron chi connectivity index (χ1n) is 13.2. The number of aromatic nitrogens is 4. The number of nitrogens with one attached hydrogen (secondary N) is 1. The van der Waals surface area contributed by atoms with Gasteiger partial charge in [-0.1, -0.05) is 0 Å². The van der Waals surface area contributed by atoms with Crippen molar-refractivity contribution >= 4 is 28.0 Å². The lowest BCUT2D eigenvalue weighted by molar-refractivity contribution is -0.0699. The molecule has 0 bridgehead atoms. The summed E-state index contributed by atoms with van der Waals surface area (Å²) in [6.07, 6.45) is 5.38. The predicted molar refractivity (Wildman–Crippen MR) is 141 cm³/mol. The van der Waals surface area contributed by atoms with Gasteiger partial charge in [-0.15, -0.1) is 0 Å². The number of fused-ring (bicyclic) bond motifs is 3. The van der Waals surface area contributed by atoms with E-state index in [-0.39, 0.29) is 18.1 Å². The highest BCUT2D eigenvalue weighted by atomic mass is 16.5. The van der Waals surface area contributed by atoms with Crippen molar-refractivity contribution in [3.8, 4) is 17.3 Å². The van der Waals surface area contributed by atoms with E-state index in [1.54, 1.807) is 7.11 Å². The average molecular weight is 501 g/mol. The first-order valence-corrected chi connectivity index (χ1v) is 13.2. The highest BCUT2D eigenvalue weighted by Crippen LogP contribution is 2.37. The Labute approximate surface area is 215 Å². The molecule has 7 rings (SSSR count). The highest BCUT2D eigenvalue weighted by molar-refractivity contribution is 6.00.